The minimum atomic E-state index is -2.19. The van der Waals surface area contributed by atoms with E-state index in [1.807, 2.05) is 6.92 Å². The van der Waals surface area contributed by atoms with E-state index in [1.165, 1.54) is 6.92 Å². The average molecular weight is 377 g/mol. The molecule has 1 N–H and O–H groups in total. The predicted molar refractivity (Wildman–Crippen MR) is 88.1 cm³/mol. The third-order valence-corrected chi connectivity index (χ3v) is 3.50. The van der Waals surface area contributed by atoms with Crippen molar-refractivity contribution in [3.63, 3.8) is 0 Å². The highest BCUT2D eigenvalue weighted by atomic mass is 19.2. The van der Waals surface area contributed by atoms with Crippen molar-refractivity contribution in [3.05, 3.63) is 52.4 Å². The molecule has 0 aromatic heterocycles. The van der Waals surface area contributed by atoms with Crippen molar-refractivity contribution in [2.45, 2.75) is 33.6 Å². The molecule has 0 spiro atoms. The highest BCUT2D eigenvalue weighted by Gasteiger charge is 2.25. The van der Waals surface area contributed by atoms with Gasteiger partial charge in [0.2, 0.25) is 5.82 Å². The number of rotatable bonds is 8. The quantitative estimate of drug-likeness (QED) is 0.227. The zero-order chi connectivity index (χ0) is 19.9. The average Bonchev–Trinajstić information content (AvgIpc) is 2.58. The minimum Gasteiger partial charge on any atom is -0.462 e. The molecule has 0 saturated heterocycles. The highest BCUT2D eigenvalue weighted by molar-refractivity contribution is 5.66. The second-order valence-corrected chi connectivity index (χ2v) is 5.74. The van der Waals surface area contributed by atoms with E-state index < -0.39 is 34.8 Å². The Morgan fingerprint density at radius 2 is 1.42 bits per heavy atom. The molecule has 0 bridgehead atoms. The molecular formula is C18H20F5NO2. The van der Waals surface area contributed by atoms with Crippen molar-refractivity contribution in [3.8, 4) is 0 Å². The third-order valence-electron chi connectivity index (χ3n) is 3.50. The Hall–Kier alpha value is -2.38. The highest BCUT2D eigenvalue weighted by Crippen LogP contribution is 2.27. The zero-order valence-corrected chi connectivity index (χ0v) is 14.7. The number of anilines is 1. The maximum Gasteiger partial charge on any atom is 0.302 e. The number of hydrogen-bond donors (Lipinski definition) is 1. The van der Waals surface area contributed by atoms with E-state index in [9.17, 15) is 26.7 Å². The van der Waals surface area contributed by atoms with Gasteiger partial charge in [-0.3, -0.25) is 4.79 Å². The maximum absolute atomic E-state index is 13.5. The van der Waals surface area contributed by atoms with Gasteiger partial charge < -0.3 is 10.1 Å². The summed E-state index contributed by atoms with van der Waals surface area (Å²) in [6, 6.07) is 0. The number of hydrogen-bond acceptors (Lipinski definition) is 3. The van der Waals surface area contributed by atoms with Crippen LogP contribution in [-0.4, -0.2) is 19.1 Å². The van der Waals surface area contributed by atoms with Gasteiger partial charge in [-0.25, -0.2) is 22.0 Å². The molecule has 0 aliphatic carbocycles. The third kappa shape index (κ3) is 6.16. The van der Waals surface area contributed by atoms with Crippen LogP contribution in [0.15, 0.2) is 23.3 Å². The van der Waals surface area contributed by atoms with Crippen LogP contribution in [-0.2, 0) is 9.53 Å². The van der Waals surface area contributed by atoms with E-state index in [1.54, 1.807) is 19.1 Å². The van der Waals surface area contributed by atoms with Crippen LogP contribution in [0.3, 0.4) is 0 Å². The van der Waals surface area contributed by atoms with Crippen LogP contribution in [0.5, 0.6) is 0 Å². The van der Waals surface area contributed by atoms with E-state index >= 15 is 0 Å². The van der Waals surface area contributed by atoms with E-state index in [-0.39, 0.29) is 19.1 Å². The number of allylic oxidation sites excluding steroid dienone is 2. The van der Waals surface area contributed by atoms with E-state index in [2.05, 4.69) is 5.32 Å². The number of benzene rings is 1. The summed E-state index contributed by atoms with van der Waals surface area (Å²) in [7, 11) is 0. The first-order chi connectivity index (χ1) is 12.1. The normalized spacial score (nSPS) is 12.3. The molecule has 0 fully saturated rings. The van der Waals surface area contributed by atoms with Crippen LogP contribution in [0, 0.1) is 29.1 Å². The van der Waals surface area contributed by atoms with Crippen molar-refractivity contribution >= 4 is 11.7 Å². The Balaban J connectivity index is 2.61. The maximum atomic E-state index is 13.5. The second kappa shape index (κ2) is 9.94. The smallest absolute Gasteiger partial charge is 0.302 e. The van der Waals surface area contributed by atoms with Crippen LogP contribution < -0.4 is 5.32 Å². The van der Waals surface area contributed by atoms with Crippen LogP contribution in [0.25, 0.3) is 0 Å². The molecule has 0 amide bonds. The van der Waals surface area contributed by atoms with Crippen molar-refractivity contribution in [1.29, 1.82) is 0 Å². The van der Waals surface area contributed by atoms with E-state index in [0.29, 0.717) is 18.4 Å². The summed E-state index contributed by atoms with van der Waals surface area (Å²) in [5.41, 5.74) is 0.608. The molecule has 144 valence electrons. The molecule has 3 nitrogen and oxygen atoms in total. The Morgan fingerprint density at radius 3 is 1.96 bits per heavy atom. The Labute approximate surface area is 148 Å². The number of nitrogens with one attached hydrogen (secondary N) is 1. The van der Waals surface area contributed by atoms with Crippen LogP contribution in [0.4, 0.5) is 27.6 Å². The van der Waals surface area contributed by atoms with Gasteiger partial charge in [0.25, 0.3) is 0 Å². The Morgan fingerprint density at radius 1 is 0.885 bits per heavy atom. The van der Waals surface area contributed by atoms with Gasteiger partial charge in [-0.05, 0) is 32.8 Å². The lowest BCUT2D eigenvalue weighted by Gasteiger charge is -2.11. The molecular weight excluding hydrogens is 357 g/mol. The summed E-state index contributed by atoms with van der Waals surface area (Å²) in [5.74, 6) is -10.3. The molecule has 0 aliphatic heterocycles. The summed E-state index contributed by atoms with van der Waals surface area (Å²) >= 11 is 0. The monoisotopic (exact) mass is 377 g/mol. The molecule has 0 atom stereocenters. The van der Waals surface area contributed by atoms with Crippen molar-refractivity contribution in [1.82, 2.24) is 0 Å². The topological polar surface area (TPSA) is 38.3 Å². The fourth-order valence-electron chi connectivity index (χ4n) is 2.01. The van der Waals surface area contributed by atoms with Crippen LogP contribution >= 0.6 is 0 Å². The molecule has 8 heteroatoms. The van der Waals surface area contributed by atoms with Gasteiger partial charge in [-0.1, -0.05) is 17.2 Å². The Bertz CT molecular complexity index is 700. The van der Waals surface area contributed by atoms with Crippen molar-refractivity contribution in [2.75, 3.05) is 18.5 Å². The van der Waals surface area contributed by atoms with E-state index in [0.717, 1.165) is 5.57 Å². The Kier molecular flexibility index (Phi) is 8.28. The van der Waals surface area contributed by atoms with Gasteiger partial charge in [-0.2, -0.15) is 0 Å². The van der Waals surface area contributed by atoms with Gasteiger partial charge in [0.1, 0.15) is 12.3 Å². The summed E-state index contributed by atoms with van der Waals surface area (Å²) < 4.78 is 71.1. The predicted octanol–water partition coefficient (Wildman–Crippen LogP) is 5.03. The second-order valence-electron chi connectivity index (χ2n) is 5.74. The lowest BCUT2D eigenvalue weighted by Crippen LogP contribution is -2.11. The molecule has 1 aromatic carbocycles. The van der Waals surface area contributed by atoms with Crippen LogP contribution in [0.2, 0.25) is 0 Å². The standard InChI is InChI=1S/C18H20F5NO2/c1-10(7-8-26-12(3)25)5-4-6-11(2)9-24-18-16(22)14(20)13(19)15(21)17(18)23/h6-7,24H,4-5,8-9H2,1-3H3/b10-7+,11-6+. The molecule has 0 saturated carbocycles. The molecule has 0 unspecified atom stereocenters. The van der Waals surface area contributed by atoms with Crippen molar-refractivity contribution < 1.29 is 31.5 Å². The van der Waals surface area contributed by atoms with Gasteiger partial charge in [0.15, 0.2) is 23.3 Å². The molecule has 1 aromatic rings. The fourth-order valence-corrected chi connectivity index (χ4v) is 2.01. The van der Waals surface area contributed by atoms with Gasteiger partial charge in [0.05, 0.1) is 0 Å². The number of ether oxygens (including phenoxy) is 1. The first-order valence-corrected chi connectivity index (χ1v) is 7.85. The van der Waals surface area contributed by atoms with Crippen LogP contribution in [0.1, 0.15) is 33.6 Å². The first kappa shape index (κ1) is 21.7. The number of carbonyl (C=O) groups excluding carboxylic acids is 1. The van der Waals surface area contributed by atoms with Gasteiger partial charge in [0, 0.05) is 13.5 Å². The molecule has 0 radical (unpaired) electrons. The number of carbonyl (C=O) groups is 1. The number of halogens is 5. The lowest BCUT2D eigenvalue weighted by molar-refractivity contribution is -0.139. The number of esters is 1. The van der Waals surface area contributed by atoms with Gasteiger partial charge >= 0.3 is 5.97 Å². The largest absolute Gasteiger partial charge is 0.462 e. The summed E-state index contributed by atoms with van der Waals surface area (Å²) in [6.45, 7) is 4.95. The first-order valence-electron chi connectivity index (χ1n) is 7.85. The summed E-state index contributed by atoms with van der Waals surface area (Å²) in [6.07, 6.45) is 4.81. The molecule has 0 heterocycles. The van der Waals surface area contributed by atoms with Gasteiger partial charge in [-0.15, -0.1) is 0 Å². The molecule has 26 heavy (non-hydrogen) atoms. The minimum absolute atomic E-state index is 0.0748. The van der Waals surface area contributed by atoms with Crippen molar-refractivity contribution in [2.24, 2.45) is 0 Å². The molecule has 0 aliphatic rings. The summed E-state index contributed by atoms with van der Waals surface area (Å²) in [4.78, 5) is 10.6. The lowest BCUT2D eigenvalue weighted by atomic mass is 10.1. The molecule has 1 rings (SSSR count). The zero-order valence-electron chi connectivity index (χ0n) is 14.7. The summed E-state index contributed by atoms with van der Waals surface area (Å²) in [5, 5.41) is 2.24. The fraction of sp³-hybridized carbons (Fsp3) is 0.389. The van der Waals surface area contributed by atoms with E-state index in [4.69, 9.17) is 4.74 Å². The SMILES string of the molecule is CC(=O)OC/C=C(\C)CC/C=C(\C)CNc1c(F)c(F)c(F)c(F)c1F.